The lowest BCUT2D eigenvalue weighted by atomic mass is 10.0. The summed E-state index contributed by atoms with van der Waals surface area (Å²) in [5.74, 6) is -0.845. The van der Waals surface area contributed by atoms with Gasteiger partial charge in [-0.1, -0.05) is 91.0 Å². The Balaban J connectivity index is 1.34. The summed E-state index contributed by atoms with van der Waals surface area (Å²) in [7, 11) is 0. The average molecular weight is 516 g/mol. The molecule has 0 unspecified atom stereocenters. The Morgan fingerprint density at radius 1 is 0.795 bits per heavy atom. The number of ether oxygens (including phenoxy) is 1. The normalized spacial score (nSPS) is 11.2. The summed E-state index contributed by atoms with van der Waals surface area (Å²) >= 11 is 0. The molecule has 0 aliphatic rings. The highest BCUT2D eigenvalue weighted by Crippen LogP contribution is 2.25. The van der Waals surface area contributed by atoms with E-state index in [9.17, 15) is 14.4 Å². The highest BCUT2D eigenvalue weighted by molar-refractivity contribution is 6.22. The average Bonchev–Trinajstić information content (AvgIpc) is 2.97. The maximum absolute atomic E-state index is 13.2. The van der Waals surface area contributed by atoms with Gasteiger partial charge in [0.15, 0.2) is 0 Å². The van der Waals surface area contributed by atoms with Crippen LogP contribution in [0.5, 0.6) is 5.75 Å². The second-order valence-corrected chi connectivity index (χ2v) is 8.86. The first-order valence-corrected chi connectivity index (χ1v) is 12.5. The molecule has 6 heteroatoms. The fraction of sp³-hybridized carbons (Fsp3) is 0.0606. The predicted molar refractivity (Wildman–Crippen MR) is 151 cm³/mol. The van der Waals surface area contributed by atoms with Crippen LogP contribution < -0.4 is 15.7 Å². The van der Waals surface area contributed by atoms with Gasteiger partial charge in [-0.25, -0.2) is 9.59 Å². The molecule has 0 aliphatic carbocycles. The van der Waals surface area contributed by atoms with Crippen molar-refractivity contribution in [3.8, 4) is 5.75 Å². The number of fused-ring (bicyclic) bond motifs is 1. The van der Waals surface area contributed by atoms with Crippen molar-refractivity contribution in [3.05, 3.63) is 148 Å². The minimum absolute atomic E-state index is 0.0857. The molecule has 0 fully saturated rings. The van der Waals surface area contributed by atoms with E-state index >= 15 is 0 Å². The summed E-state index contributed by atoms with van der Waals surface area (Å²) in [4.78, 5) is 38.4. The number of amides is 1. The number of hydrogen-bond donors (Lipinski definition) is 1. The van der Waals surface area contributed by atoms with Gasteiger partial charge in [-0.2, -0.15) is 0 Å². The van der Waals surface area contributed by atoms with E-state index in [1.165, 1.54) is 12.1 Å². The maximum Gasteiger partial charge on any atom is 0.349 e. The van der Waals surface area contributed by atoms with Crippen LogP contribution in [0.25, 0.3) is 22.6 Å². The monoisotopic (exact) mass is 515 g/mol. The Morgan fingerprint density at radius 3 is 2.18 bits per heavy atom. The molecule has 0 saturated heterocycles. The predicted octanol–water partition coefficient (Wildman–Crippen LogP) is 5.91. The molecule has 39 heavy (non-hydrogen) atoms. The maximum atomic E-state index is 13.2. The minimum Gasteiger partial charge on any atom is -0.423 e. The Morgan fingerprint density at radius 2 is 1.46 bits per heavy atom. The van der Waals surface area contributed by atoms with Crippen LogP contribution in [-0.2, 0) is 11.2 Å². The molecule has 1 amide bonds. The van der Waals surface area contributed by atoms with Crippen molar-refractivity contribution in [2.45, 2.75) is 6.42 Å². The first-order chi connectivity index (χ1) is 19.1. The van der Waals surface area contributed by atoms with Crippen LogP contribution in [-0.4, -0.2) is 18.4 Å². The van der Waals surface area contributed by atoms with Gasteiger partial charge in [-0.15, -0.1) is 0 Å². The smallest absolute Gasteiger partial charge is 0.349 e. The van der Waals surface area contributed by atoms with E-state index < -0.39 is 17.5 Å². The molecule has 0 saturated carbocycles. The summed E-state index contributed by atoms with van der Waals surface area (Å²) in [6, 6.07) is 34.7. The number of esters is 1. The molecular formula is C33H25NO5. The zero-order chi connectivity index (χ0) is 27.0. The number of nitrogens with one attached hydrogen (secondary N) is 1. The highest BCUT2D eigenvalue weighted by atomic mass is 16.5. The number of carbonyl (C=O) groups is 2. The zero-order valence-corrected chi connectivity index (χ0v) is 21.0. The van der Waals surface area contributed by atoms with E-state index in [1.807, 2.05) is 91.0 Å². The Kier molecular flexibility index (Phi) is 7.74. The fourth-order valence-electron chi connectivity index (χ4n) is 4.13. The minimum atomic E-state index is -0.767. The lowest BCUT2D eigenvalue weighted by Crippen LogP contribution is -2.29. The fourth-order valence-corrected chi connectivity index (χ4v) is 4.13. The number of benzene rings is 4. The van der Waals surface area contributed by atoms with Crippen molar-refractivity contribution in [2.75, 3.05) is 6.54 Å². The van der Waals surface area contributed by atoms with Crippen molar-refractivity contribution in [1.82, 2.24) is 5.32 Å². The van der Waals surface area contributed by atoms with Crippen LogP contribution in [0.1, 0.15) is 27.0 Å². The second kappa shape index (κ2) is 11.9. The number of hydrogen-bond acceptors (Lipinski definition) is 5. The molecule has 4 aromatic carbocycles. The molecule has 0 atom stereocenters. The van der Waals surface area contributed by atoms with Crippen molar-refractivity contribution in [3.63, 3.8) is 0 Å². The Labute approximate surface area is 225 Å². The molecule has 1 aromatic heterocycles. The Hall–Kier alpha value is -5.23. The molecule has 1 N–H and O–H groups in total. The SMILES string of the molecule is O=C(Oc1ccc2cc(C(=O)NCCc3ccccc3)c(=O)oc2c1)/C(=C/c1ccccc1)c1ccccc1. The third-order valence-electron chi connectivity index (χ3n) is 6.12. The molecule has 192 valence electrons. The highest BCUT2D eigenvalue weighted by Gasteiger charge is 2.17. The molecule has 0 radical (unpaired) electrons. The molecule has 0 aliphatic heterocycles. The van der Waals surface area contributed by atoms with Crippen LogP contribution in [0.4, 0.5) is 0 Å². The van der Waals surface area contributed by atoms with Gasteiger partial charge >= 0.3 is 11.6 Å². The van der Waals surface area contributed by atoms with Gasteiger partial charge in [0.05, 0.1) is 5.57 Å². The van der Waals surface area contributed by atoms with Gasteiger partial charge < -0.3 is 14.5 Å². The van der Waals surface area contributed by atoms with Crippen LogP contribution in [0.15, 0.2) is 124 Å². The Bertz CT molecular complexity index is 1690. The first-order valence-electron chi connectivity index (χ1n) is 12.5. The molecule has 5 rings (SSSR count). The van der Waals surface area contributed by atoms with Crippen LogP contribution in [0.2, 0.25) is 0 Å². The number of rotatable bonds is 8. The van der Waals surface area contributed by atoms with Gasteiger partial charge in [-0.05, 0) is 47.4 Å². The molecule has 0 bridgehead atoms. The van der Waals surface area contributed by atoms with E-state index in [4.69, 9.17) is 9.15 Å². The van der Waals surface area contributed by atoms with Gasteiger partial charge in [0, 0.05) is 18.0 Å². The van der Waals surface area contributed by atoms with Crippen LogP contribution >= 0.6 is 0 Å². The third-order valence-corrected chi connectivity index (χ3v) is 6.12. The van der Waals surface area contributed by atoms with Crippen molar-refractivity contribution in [1.29, 1.82) is 0 Å². The summed E-state index contributed by atoms with van der Waals surface area (Å²) in [6.45, 7) is 0.384. The van der Waals surface area contributed by atoms with Gasteiger partial charge in [0.25, 0.3) is 5.91 Å². The van der Waals surface area contributed by atoms with Crippen LogP contribution in [0.3, 0.4) is 0 Å². The van der Waals surface area contributed by atoms with Crippen LogP contribution in [0, 0.1) is 0 Å². The van der Waals surface area contributed by atoms with Crippen molar-refractivity contribution < 1.29 is 18.7 Å². The second-order valence-electron chi connectivity index (χ2n) is 8.86. The number of carbonyl (C=O) groups excluding carboxylic acids is 2. The summed E-state index contributed by atoms with van der Waals surface area (Å²) < 4.78 is 11.1. The molecule has 5 aromatic rings. The quantitative estimate of drug-likeness (QED) is 0.0913. The molecule has 0 spiro atoms. The van der Waals surface area contributed by atoms with E-state index in [0.717, 1.165) is 11.1 Å². The largest absolute Gasteiger partial charge is 0.423 e. The summed E-state index contributed by atoms with van der Waals surface area (Å²) in [5.41, 5.74) is 2.38. The van der Waals surface area contributed by atoms with E-state index in [2.05, 4.69) is 5.32 Å². The molecule has 1 heterocycles. The summed E-state index contributed by atoms with van der Waals surface area (Å²) in [6.07, 6.45) is 2.41. The van der Waals surface area contributed by atoms with Crippen molar-refractivity contribution in [2.24, 2.45) is 0 Å². The van der Waals surface area contributed by atoms with Gasteiger partial charge in [0.2, 0.25) is 0 Å². The van der Waals surface area contributed by atoms with E-state index in [-0.39, 0.29) is 16.9 Å². The lowest BCUT2D eigenvalue weighted by Gasteiger charge is -2.10. The van der Waals surface area contributed by atoms with E-state index in [1.54, 1.807) is 18.2 Å². The lowest BCUT2D eigenvalue weighted by molar-refractivity contribution is -0.127. The third kappa shape index (κ3) is 6.37. The standard InChI is InChI=1S/C33H25NO5/c35-31(34-19-18-23-10-4-1-5-11-23)29-21-26-16-17-27(22-30(26)39-33(29)37)38-32(36)28(25-14-8-3-9-15-25)20-24-12-6-2-7-13-24/h1-17,20-22H,18-19H2,(H,34,35)/b28-20+. The van der Waals surface area contributed by atoms with Crippen molar-refractivity contribution >= 4 is 34.5 Å². The first kappa shape index (κ1) is 25.4. The molecular weight excluding hydrogens is 490 g/mol. The topological polar surface area (TPSA) is 85.6 Å². The summed E-state index contributed by atoms with van der Waals surface area (Å²) in [5, 5.41) is 3.30. The zero-order valence-electron chi connectivity index (χ0n) is 21.0. The molecule has 6 nitrogen and oxygen atoms in total. The van der Waals surface area contributed by atoms with Gasteiger partial charge in [0.1, 0.15) is 16.9 Å². The van der Waals surface area contributed by atoms with E-state index in [0.29, 0.717) is 29.5 Å². The van der Waals surface area contributed by atoms with Gasteiger partial charge in [-0.3, -0.25) is 4.79 Å².